The van der Waals surface area contributed by atoms with Crippen molar-refractivity contribution in [3.8, 4) is 11.1 Å². The predicted molar refractivity (Wildman–Crippen MR) is 330 cm³/mol. The number of nitrogens with zero attached hydrogens (tertiary/aromatic N) is 4. The van der Waals surface area contributed by atoms with Crippen LogP contribution in [-0.2, 0) is 41.6 Å². The first kappa shape index (κ1) is 63.6. The van der Waals surface area contributed by atoms with Crippen LogP contribution in [0.3, 0.4) is 0 Å². The minimum absolute atomic E-state index is 0.00674. The highest BCUT2D eigenvalue weighted by atomic mass is 16.2. The number of amides is 8. The average Bonchev–Trinajstić information content (AvgIpc) is 2.85. The molecule has 7 atom stereocenters. The predicted octanol–water partition coefficient (Wildman–Crippen LogP) is 7.33. The quantitative estimate of drug-likeness (QED) is 0.0475. The number of carbonyl (C=O) groups excluding carboxylic acids is 8. The third-order valence-corrected chi connectivity index (χ3v) is 18.0. The van der Waals surface area contributed by atoms with Gasteiger partial charge in [-0.15, -0.1) is 0 Å². The van der Waals surface area contributed by atoms with Crippen LogP contribution < -0.4 is 26.6 Å². The zero-order valence-corrected chi connectivity index (χ0v) is 50.9. The monoisotopic (exact) mass is 1160 g/mol. The van der Waals surface area contributed by atoms with E-state index >= 15 is 0 Å². The summed E-state index contributed by atoms with van der Waals surface area (Å²) in [6.07, 6.45) is 11.5. The molecule has 2 aliphatic carbocycles. The maximum atomic E-state index is 15.0. The molecule has 2 saturated heterocycles. The summed E-state index contributed by atoms with van der Waals surface area (Å²) in [5.74, 6) is -1.93. The fraction of sp³-hybridized carbons (Fsp3) is 0.529. The maximum Gasteiger partial charge on any atom is 0.253 e. The average molecular weight is 1160 g/mol. The number of likely N-dealkylation sites (N-methyl/N-ethyl adjacent to an activating group) is 1. The Morgan fingerprint density at radius 1 is 0.506 bits per heavy atom. The van der Waals surface area contributed by atoms with Gasteiger partial charge in [0.1, 0.15) is 12.1 Å². The number of nitrogens with one attached hydrogen (secondary N) is 5. The molecule has 4 aliphatic rings. The van der Waals surface area contributed by atoms with Gasteiger partial charge in [-0.2, -0.15) is 0 Å². The number of rotatable bonds is 24. The molecule has 0 bridgehead atoms. The molecule has 2 aliphatic heterocycles. The lowest BCUT2D eigenvalue weighted by molar-refractivity contribution is -0.140. The number of hydrogen-bond acceptors (Lipinski definition) is 9. The summed E-state index contributed by atoms with van der Waals surface area (Å²) in [6.45, 7) is 10.1. The molecule has 17 nitrogen and oxygen atoms in total. The topological polar surface area (TPSA) is 210 Å². The van der Waals surface area contributed by atoms with Crippen LogP contribution in [0.25, 0.3) is 11.1 Å². The van der Waals surface area contributed by atoms with E-state index in [1.54, 1.807) is 23.8 Å². The van der Waals surface area contributed by atoms with Gasteiger partial charge in [-0.1, -0.05) is 137 Å². The Bertz CT molecular complexity index is 2890. The van der Waals surface area contributed by atoms with E-state index < -0.39 is 30.2 Å². The van der Waals surface area contributed by atoms with Crippen molar-refractivity contribution in [2.24, 2.45) is 17.8 Å². The van der Waals surface area contributed by atoms with E-state index in [9.17, 15) is 38.4 Å². The summed E-state index contributed by atoms with van der Waals surface area (Å²) in [5.41, 5.74) is 4.73. The number of likely N-dealkylation sites (tertiary alicyclic amines) is 2. The van der Waals surface area contributed by atoms with E-state index in [0.717, 1.165) is 86.5 Å². The second-order valence-electron chi connectivity index (χ2n) is 24.6. The van der Waals surface area contributed by atoms with Gasteiger partial charge in [0.15, 0.2) is 0 Å². The molecule has 5 N–H and O–H groups in total. The second kappa shape index (κ2) is 30.6. The van der Waals surface area contributed by atoms with Crippen molar-refractivity contribution in [3.05, 3.63) is 131 Å². The standard InChI is InChI=1S/C68H91N9O8/c1-45(2)63(80)72-61(53-23-15-9-16-24-53)67(84)76-41-57(70-47(4)78)39-59(76)43-74(37-35-49-19-11-7-12-20-49)65(82)55-31-27-51(28-32-55)52-29-33-56(34-30-52)66(83)75(38-36-50-21-13-8-14-22-50)44-60-40-58(71-48(5)79)42-77(60)68(85)62(54-25-17-10-18-26-54)73-64(81)46(3)69-6/h7-8,11-14,19-22,27-34,45-46,53-54,57-62,69H,9-10,15-18,23-26,35-44H2,1-6H3,(H,70,78)(H,71,79)(H,72,80)(H,73,81)/t46-,57-,58-,59-,60-,61-,62-/m0/s1. The summed E-state index contributed by atoms with van der Waals surface area (Å²) < 4.78 is 0. The summed E-state index contributed by atoms with van der Waals surface area (Å²) in [5, 5.41) is 15.3. The molecule has 4 fully saturated rings. The molecule has 0 radical (unpaired) electrons. The van der Waals surface area contributed by atoms with Gasteiger partial charge < -0.3 is 46.2 Å². The number of carbonyl (C=O) groups is 8. The van der Waals surface area contributed by atoms with Crippen LogP contribution in [0.2, 0.25) is 0 Å². The molecule has 85 heavy (non-hydrogen) atoms. The summed E-state index contributed by atoms with van der Waals surface area (Å²) >= 11 is 0. The van der Waals surface area contributed by atoms with Gasteiger partial charge >= 0.3 is 0 Å². The zero-order chi connectivity index (χ0) is 60.6. The summed E-state index contributed by atoms with van der Waals surface area (Å²) in [4.78, 5) is 119. The van der Waals surface area contributed by atoms with E-state index in [0.29, 0.717) is 49.9 Å². The van der Waals surface area contributed by atoms with Crippen LogP contribution in [0.1, 0.15) is 144 Å². The first-order chi connectivity index (χ1) is 41.0. The first-order valence-electron chi connectivity index (χ1n) is 31.3. The first-order valence-corrected chi connectivity index (χ1v) is 31.3. The Hall–Kier alpha value is -7.40. The third kappa shape index (κ3) is 17.4. The second-order valence-corrected chi connectivity index (χ2v) is 24.6. The van der Waals surface area contributed by atoms with E-state index in [1.807, 2.05) is 133 Å². The Morgan fingerprint density at radius 3 is 1.24 bits per heavy atom. The highest BCUT2D eigenvalue weighted by Crippen LogP contribution is 2.33. The van der Waals surface area contributed by atoms with Crippen LogP contribution in [0, 0.1) is 17.8 Å². The van der Waals surface area contributed by atoms with Gasteiger partial charge in [0.05, 0.1) is 18.1 Å². The summed E-state index contributed by atoms with van der Waals surface area (Å²) in [6, 6.07) is 31.3. The third-order valence-electron chi connectivity index (χ3n) is 18.0. The van der Waals surface area contributed by atoms with Gasteiger partial charge in [0, 0.05) is 82.2 Å². The largest absolute Gasteiger partial charge is 0.352 e. The van der Waals surface area contributed by atoms with Crippen LogP contribution in [0.5, 0.6) is 0 Å². The molecule has 0 aromatic heterocycles. The molecular formula is C68H91N9O8. The fourth-order valence-corrected chi connectivity index (χ4v) is 13.1. The lowest BCUT2D eigenvalue weighted by atomic mass is 9.83. The van der Waals surface area contributed by atoms with Crippen LogP contribution >= 0.6 is 0 Å². The molecule has 8 rings (SSSR count). The Morgan fingerprint density at radius 2 is 0.882 bits per heavy atom. The number of hydrogen-bond donors (Lipinski definition) is 5. The Balaban J connectivity index is 1.02. The van der Waals surface area contributed by atoms with Crippen molar-refractivity contribution in [2.75, 3.05) is 46.3 Å². The molecule has 0 unspecified atom stereocenters. The minimum atomic E-state index is -0.741. The normalized spacial score (nSPS) is 20.2. The molecule has 2 saturated carbocycles. The smallest absolute Gasteiger partial charge is 0.253 e. The highest BCUT2D eigenvalue weighted by molar-refractivity contribution is 5.96. The highest BCUT2D eigenvalue weighted by Gasteiger charge is 2.45. The Kier molecular flexibility index (Phi) is 22.9. The van der Waals surface area contributed by atoms with E-state index in [2.05, 4.69) is 26.6 Å². The molecule has 4 aromatic carbocycles. The lowest BCUT2D eigenvalue weighted by Gasteiger charge is -2.37. The van der Waals surface area contributed by atoms with Crippen molar-refractivity contribution in [1.82, 2.24) is 46.2 Å². The van der Waals surface area contributed by atoms with Crippen molar-refractivity contribution >= 4 is 47.3 Å². The van der Waals surface area contributed by atoms with Crippen LogP contribution in [0.4, 0.5) is 0 Å². The lowest BCUT2D eigenvalue weighted by Crippen LogP contribution is -2.57. The van der Waals surface area contributed by atoms with Gasteiger partial charge in [-0.25, -0.2) is 0 Å². The molecule has 8 amide bonds. The molecule has 2 heterocycles. The van der Waals surface area contributed by atoms with Gasteiger partial charge in [-0.3, -0.25) is 38.4 Å². The molecule has 4 aromatic rings. The van der Waals surface area contributed by atoms with Crippen LogP contribution in [-0.4, -0.2) is 155 Å². The Labute approximate surface area is 503 Å². The molecule has 0 spiro atoms. The van der Waals surface area contributed by atoms with Crippen molar-refractivity contribution < 1.29 is 38.4 Å². The van der Waals surface area contributed by atoms with E-state index in [4.69, 9.17) is 0 Å². The fourth-order valence-electron chi connectivity index (χ4n) is 13.1. The van der Waals surface area contributed by atoms with Gasteiger partial charge in [0.25, 0.3) is 11.8 Å². The molecule has 17 heteroatoms. The summed E-state index contributed by atoms with van der Waals surface area (Å²) in [7, 11) is 1.71. The van der Waals surface area contributed by atoms with Gasteiger partial charge in [0.2, 0.25) is 35.4 Å². The maximum absolute atomic E-state index is 15.0. The van der Waals surface area contributed by atoms with Crippen molar-refractivity contribution in [1.29, 1.82) is 0 Å². The zero-order valence-electron chi connectivity index (χ0n) is 50.9. The van der Waals surface area contributed by atoms with E-state index in [-0.39, 0.29) is 103 Å². The van der Waals surface area contributed by atoms with E-state index in [1.165, 1.54) is 13.8 Å². The molecule has 456 valence electrons. The van der Waals surface area contributed by atoms with Crippen molar-refractivity contribution in [2.45, 2.75) is 167 Å². The van der Waals surface area contributed by atoms with Crippen molar-refractivity contribution in [3.63, 3.8) is 0 Å². The van der Waals surface area contributed by atoms with Crippen LogP contribution in [0.15, 0.2) is 109 Å². The van der Waals surface area contributed by atoms with Gasteiger partial charge in [-0.05, 0) is 124 Å². The SMILES string of the molecule is CN[C@@H](C)C(=O)N[C@H](C(=O)N1C[C@@H](NC(C)=O)C[C@H]1CN(CCc1ccccc1)C(=O)c1ccc(-c2ccc(C(=O)N(CCc3ccccc3)C[C@@H]3C[C@H](NC(C)=O)CN3C(=O)[C@@H](NC(=O)C(C)C)C3CCCCC3)cc2)cc1)C1CCCCC1. The molecular weight excluding hydrogens is 1070 g/mol. The minimum Gasteiger partial charge on any atom is -0.352 e. The number of benzene rings is 4.